The van der Waals surface area contributed by atoms with E-state index in [1.807, 2.05) is 54.6 Å². The molecule has 0 fully saturated rings. The van der Waals surface area contributed by atoms with Gasteiger partial charge in [0.05, 0.1) is 0 Å². The van der Waals surface area contributed by atoms with E-state index >= 15 is 0 Å². The lowest BCUT2D eigenvalue weighted by Gasteiger charge is -2.15. The third kappa shape index (κ3) is 5.87. The molecular formula is C18H18BrNO3. The molecule has 120 valence electrons. The molecule has 0 saturated heterocycles. The molecule has 0 aliphatic carbocycles. The topological polar surface area (TPSA) is 66.4 Å². The van der Waals surface area contributed by atoms with Gasteiger partial charge in [-0.15, -0.1) is 0 Å². The van der Waals surface area contributed by atoms with Crippen molar-refractivity contribution in [1.82, 2.24) is 5.32 Å². The maximum absolute atomic E-state index is 12.0. The molecule has 0 aliphatic heterocycles. The first-order valence-corrected chi connectivity index (χ1v) is 8.14. The fraction of sp³-hybridized carbons (Fsp3) is 0.222. The molecule has 2 N–H and O–H groups in total. The molecule has 23 heavy (non-hydrogen) atoms. The third-order valence-electron chi connectivity index (χ3n) is 3.45. The van der Waals surface area contributed by atoms with Crippen molar-refractivity contribution in [3.05, 3.63) is 70.2 Å². The van der Waals surface area contributed by atoms with E-state index in [2.05, 4.69) is 21.2 Å². The second-order valence-electron chi connectivity index (χ2n) is 5.28. The van der Waals surface area contributed by atoms with Crippen molar-refractivity contribution in [1.29, 1.82) is 0 Å². The second kappa shape index (κ2) is 8.48. The number of nitrogens with one attached hydrogen (secondary N) is 1. The summed E-state index contributed by atoms with van der Waals surface area (Å²) in [5.41, 5.74) is 1.91. The number of rotatable bonds is 7. The van der Waals surface area contributed by atoms with Crippen LogP contribution in [0.4, 0.5) is 0 Å². The zero-order valence-corrected chi connectivity index (χ0v) is 14.1. The van der Waals surface area contributed by atoms with Gasteiger partial charge in [-0.05, 0) is 29.7 Å². The monoisotopic (exact) mass is 375 g/mol. The Hall–Kier alpha value is -2.14. The lowest BCUT2D eigenvalue weighted by atomic mass is 10.1. The number of carbonyl (C=O) groups excluding carboxylic acids is 1. The van der Waals surface area contributed by atoms with E-state index in [0.29, 0.717) is 6.42 Å². The number of hydrogen-bond donors (Lipinski definition) is 2. The van der Waals surface area contributed by atoms with Gasteiger partial charge in [-0.2, -0.15) is 0 Å². The van der Waals surface area contributed by atoms with Gasteiger partial charge in [-0.1, -0.05) is 58.4 Å². The molecule has 0 heterocycles. The molecule has 0 radical (unpaired) electrons. The largest absolute Gasteiger partial charge is 0.480 e. The van der Waals surface area contributed by atoms with Crippen molar-refractivity contribution in [2.75, 3.05) is 0 Å². The van der Waals surface area contributed by atoms with E-state index in [0.717, 1.165) is 15.6 Å². The molecule has 4 nitrogen and oxygen atoms in total. The van der Waals surface area contributed by atoms with Crippen LogP contribution in [0.3, 0.4) is 0 Å². The van der Waals surface area contributed by atoms with Gasteiger partial charge >= 0.3 is 5.97 Å². The molecule has 0 unspecified atom stereocenters. The summed E-state index contributed by atoms with van der Waals surface area (Å²) in [6, 6.07) is 16.1. The number of amides is 1. The third-order valence-corrected chi connectivity index (χ3v) is 3.94. The van der Waals surface area contributed by atoms with Gasteiger partial charge in [0, 0.05) is 17.3 Å². The maximum Gasteiger partial charge on any atom is 0.326 e. The van der Waals surface area contributed by atoms with Crippen LogP contribution in [0, 0.1) is 0 Å². The standard InChI is InChI=1S/C18H18BrNO3/c19-15-8-4-7-14(11-15)12-16(18(22)23)20-17(21)10-9-13-5-2-1-3-6-13/h1-8,11,16H,9-10,12H2,(H,20,21)(H,22,23)/t16-/m1/s1. The highest BCUT2D eigenvalue weighted by molar-refractivity contribution is 9.10. The van der Waals surface area contributed by atoms with Gasteiger partial charge in [0.2, 0.25) is 5.91 Å². The lowest BCUT2D eigenvalue weighted by molar-refractivity contribution is -0.141. The molecule has 1 atom stereocenters. The number of carbonyl (C=O) groups is 2. The number of halogens is 1. The smallest absolute Gasteiger partial charge is 0.326 e. The van der Waals surface area contributed by atoms with Crippen LogP contribution < -0.4 is 5.32 Å². The number of carboxylic acids is 1. The molecule has 5 heteroatoms. The Morgan fingerprint density at radius 2 is 1.74 bits per heavy atom. The minimum Gasteiger partial charge on any atom is -0.480 e. The van der Waals surface area contributed by atoms with Gasteiger partial charge in [-0.25, -0.2) is 4.79 Å². The van der Waals surface area contributed by atoms with Gasteiger partial charge in [0.15, 0.2) is 0 Å². The first kappa shape index (κ1) is 17.2. The first-order chi connectivity index (χ1) is 11.0. The predicted molar refractivity (Wildman–Crippen MR) is 92.2 cm³/mol. The molecule has 1 amide bonds. The summed E-state index contributed by atoms with van der Waals surface area (Å²) in [6.07, 6.45) is 1.12. The summed E-state index contributed by atoms with van der Waals surface area (Å²) >= 11 is 3.36. The Bertz CT molecular complexity index is 673. The Morgan fingerprint density at radius 3 is 2.39 bits per heavy atom. The van der Waals surface area contributed by atoms with Crippen LogP contribution in [0.5, 0.6) is 0 Å². The molecule has 0 saturated carbocycles. The van der Waals surface area contributed by atoms with Crippen LogP contribution in [-0.4, -0.2) is 23.0 Å². The van der Waals surface area contributed by atoms with Gasteiger partial charge in [0.1, 0.15) is 6.04 Å². The number of aliphatic carboxylic acids is 1. The highest BCUT2D eigenvalue weighted by Gasteiger charge is 2.20. The van der Waals surface area contributed by atoms with Crippen LogP contribution in [0.1, 0.15) is 17.5 Å². The van der Waals surface area contributed by atoms with Crippen LogP contribution in [0.15, 0.2) is 59.1 Å². The molecule has 0 aromatic heterocycles. The van der Waals surface area contributed by atoms with E-state index in [1.165, 1.54) is 0 Å². The van der Waals surface area contributed by atoms with Crippen molar-refractivity contribution in [3.63, 3.8) is 0 Å². The Balaban J connectivity index is 1.91. The predicted octanol–water partition coefficient (Wildman–Crippen LogP) is 3.19. The molecule has 2 rings (SSSR count). The van der Waals surface area contributed by atoms with Crippen LogP contribution >= 0.6 is 15.9 Å². The van der Waals surface area contributed by atoms with Crippen LogP contribution in [-0.2, 0) is 22.4 Å². The second-order valence-corrected chi connectivity index (χ2v) is 6.19. The molecular weight excluding hydrogens is 358 g/mol. The van der Waals surface area contributed by atoms with Crippen molar-refractivity contribution in [2.24, 2.45) is 0 Å². The van der Waals surface area contributed by atoms with Gasteiger partial charge < -0.3 is 10.4 Å². The minimum absolute atomic E-state index is 0.253. The zero-order valence-electron chi connectivity index (χ0n) is 12.5. The SMILES string of the molecule is O=C(CCc1ccccc1)N[C@H](Cc1cccc(Br)c1)C(=O)O. The average Bonchev–Trinajstić information content (AvgIpc) is 2.53. The fourth-order valence-electron chi connectivity index (χ4n) is 2.27. The summed E-state index contributed by atoms with van der Waals surface area (Å²) in [4.78, 5) is 23.4. The first-order valence-electron chi connectivity index (χ1n) is 7.35. The van der Waals surface area contributed by atoms with Gasteiger partial charge in [-0.3, -0.25) is 4.79 Å². The molecule has 2 aromatic carbocycles. The minimum atomic E-state index is -1.03. The van der Waals surface area contributed by atoms with Crippen molar-refractivity contribution in [2.45, 2.75) is 25.3 Å². The van der Waals surface area contributed by atoms with Crippen LogP contribution in [0.25, 0.3) is 0 Å². The number of benzene rings is 2. The van der Waals surface area contributed by atoms with E-state index in [1.54, 1.807) is 0 Å². The van der Waals surface area contributed by atoms with Crippen molar-refractivity contribution >= 4 is 27.8 Å². The van der Waals surface area contributed by atoms with E-state index < -0.39 is 12.0 Å². The van der Waals surface area contributed by atoms with E-state index in [9.17, 15) is 14.7 Å². The number of aryl methyl sites for hydroxylation is 1. The van der Waals surface area contributed by atoms with E-state index in [-0.39, 0.29) is 18.7 Å². The van der Waals surface area contributed by atoms with Gasteiger partial charge in [0.25, 0.3) is 0 Å². The average molecular weight is 376 g/mol. The molecule has 2 aromatic rings. The highest BCUT2D eigenvalue weighted by Crippen LogP contribution is 2.13. The summed E-state index contributed by atoms with van der Waals surface area (Å²) < 4.78 is 0.884. The quantitative estimate of drug-likeness (QED) is 0.780. The zero-order chi connectivity index (χ0) is 16.7. The lowest BCUT2D eigenvalue weighted by Crippen LogP contribution is -2.42. The number of carboxylic acid groups (broad SMARTS) is 1. The Kier molecular flexibility index (Phi) is 6.35. The van der Waals surface area contributed by atoms with Crippen LogP contribution in [0.2, 0.25) is 0 Å². The molecule has 0 spiro atoms. The van der Waals surface area contributed by atoms with Crippen molar-refractivity contribution in [3.8, 4) is 0 Å². The summed E-state index contributed by atoms with van der Waals surface area (Å²) in [5, 5.41) is 11.9. The summed E-state index contributed by atoms with van der Waals surface area (Å²) in [7, 11) is 0. The normalized spacial score (nSPS) is 11.7. The highest BCUT2D eigenvalue weighted by atomic mass is 79.9. The molecule has 0 aliphatic rings. The van der Waals surface area contributed by atoms with E-state index in [4.69, 9.17) is 0 Å². The number of hydrogen-bond acceptors (Lipinski definition) is 2. The Labute approximate surface area is 143 Å². The maximum atomic E-state index is 12.0. The summed E-state index contributed by atoms with van der Waals surface area (Å²) in [5.74, 6) is -1.28. The Morgan fingerprint density at radius 1 is 1.04 bits per heavy atom. The van der Waals surface area contributed by atoms with Crippen molar-refractivity contribution < 1.29 is 14.7 Å². The molecule has 0 bridgehead atoms. The fourth-order valence-corrected chi connectivity index (χ4v) is 2.72. The summed E-state index contributed by atoms with van der Waals surface area (Å²) in [6.45, 7) is 0.